The Balaban J connectivity index is 1.68. The SMILES string of the molecule is Cc1nnc(N[C@H](C)c2cccc(C#N)c2)c2cc(N3CC(C)(O)C3)cnc12. The molecule has 1 fully saturated rings. The average molecular weight is 374 g/mol. The number of rotatable bonds is 4. The van der Waals surface area contributed by atoms with Crippen LogP contribution in [0.3, 0.4) is 0 Å². The Morgan fingerprint density at radius 1 is 1.29 bits per heavy atom. The van der Waals surface area contributed by atoms with Crippen molar-refractivity contribution < 1.29 is 5.11 Å². The standard InChI is InChI=1S/C21H22N6O/c1-13(16-6-4-5-15(7-16)9-22)24-20-18-8-17(27-11-21(3,28)12-27)10-23-19(18)14(2)25-26-20/h4-8,10,13,28H,11-12H2,1-3H3,(H,24,26)/t13-/m1/s1. The van der Waals surface area contributed by atoms with Crippen LogP contribution < -0.4 is 10.2 Å². The van der Waals surface area contributed by atoms with Crippen LogP contribution in [0.2, 0.25) is 0 Å². The number of hydrogen-bond acceptors (Lipinski definition) is 7. The summed E-state index contributed by atoms with van der Waals surface area (Å²) in [7, 11) is 0. The molecule has 0 bridgehead atoms. The summed E-state index contributed by atoms with van der Waals surface area (Å²) in [5.41, 5.74) is 3.49. The molecular formula is C21H22N6O. The molecule has 142 valence electrons. The van der Waals surface area contributed by atoms with Crippen LogP contribution in [0.1, 0.15) is 36.7 Å². The fourth-order valence-corrected chi connectivity index (χ4v) is 3.55. The number of aromatic nitrogens is 3. The summed E-state index contributed by atoms with van der Waals surface area (Å²) in [5, 5.41) is 32.0. The van der Waals surface area contributed by atoms with Crippen molar-refractivity contribution in [2.75, 3.05) is 23.3 Å². The molecule has 0 unspecified atom stereocenters. The third kappa shape index (κ3) is 3.35. The van der Waals surface area contributed by atoms with Crippen molar-refractivity contribution in [3.05, 3.63) is 53.3 Å². The smallest absolute Gasteiger partial charge is 0.158 e. The van der Waals surface area contributed by atoms with E-state index in [-0.39, 0.29) is 6.04 Å². The Labute approximate surface area is 163 Å². The lowest BCUT2D eigenvalue weighted by atomic mass is 9.96. The first-order valence-corrected chi connectivity index (χ1v) is 9.23. The van der Waals surface area contributed by atoms with Gasteiger partial charge in [0.1, 0.15) is 0 Å². The third-order valence-electron chi connectivity index (χ3n) is 5.07. The summed E-state index contributed by atoms with van der Waals surface area (Å²) in [6.07, 6.45) is 1.82. The summed E-state index contributed by atoms with van der Waals surface area (Å²) < 4.78 is 0. The molecule has 2 aromatic heterocycles. The number of fused-ring (bicyclic) bond motifs is 1. The van der Waals surface area contributed by atoms with Crippen molar-refractivity contribution in [1.82, 2.24) is 15.2 Å². The maximum atomic E-state index is 10.0. The number of β-amino-alcohol motifs (C(OH)–C–C–N with tert-alkyl or cyclic N) is 1. The number of hydrogen-bond donors (Lipinski definition) is 2. The highest BCUT2D eigenvalue weighted by Crippen LogP contribution is 2.32. The molecule has 1 aromatic carbocycles. The van der Waals surface area contributed by atoms with Gasteiger partial charge in [0.2, 0.25) is 0 Å². The van der Waals surface area contributed by atoms with Gasteiger partial charge < -0.3 is 15.3 Å². The second kappa shape index (κ2) is 6.73. The zero-order valence-electron chi connectivity index (χ0n) is 16.1. The van der Waals surface area contributed by atoms with E-state index in [1.165, 1.54) is 0 Å². The Hall–Kier alpha value is -3.24. The lowest BCUT2D eigenvalue weighted by molar-refractivity contribution is 0.0310. The number of aryl methyl sites for hydroxylation is 1. The van der Waals surface area contributed by atoms with E-state index >= 15 is 0 Å². The van der Waals surface area contributed by atoms with Gasteiger partial charge in [0.05, 0.1) is 46.4 Å². The Morgan fingerprint density at radius 2 is 2.07 bits per heavy atom. The quantitative estimate of drug-likeness (QED) is 0.724. The van der Waals surface area contributed by atoms with Gasteiger partial charge in [-0.1, -0.05) is 12.1 Å². The minimum Gasteiger partial charge on any atom is -0.386 e. The number of aliphatic hydroxyl groups is 1. The molecule has 1 atom stereocenters. The first-order chi connectivity index (χ1) is 13.4. The molecule has 2 N–H and O–H groups in total. The highest BCUT2D eigenvalue weighted by molar-refractivity contribution is 5.92. The van der Waals surface area contributed by atoms with E-state index in [0.717, 1.165) is 27.8 Å². The molecule has 1 saturated heterocycles. The van der Waals surface area contributed by atoms with Crippen molar-refractivity contribution in [2.45, 2.75) is 32.4 Å². The predicted molar refractivity (Wildman–Crippen MR) is 108 cm³/mol. The summed E-state index contributed by atoms with van der Waals surface area (Å²) in [6, 6.07) is 11.7. The molecule has 0 spiro atoms. The van der Waals surface area contributed by atoms with Crippen LogP contribution in [0.5, 0.6) is 0 Å². The fourth-order valence-electron chi connectivity index (χ4n) is 3.55. The van der Waals surface area contributed by atoms with E-state index in [4.69, 9.17) is 5.26 Å². The van der Waals surface area contributed by atoms with Gasteiger partial charge in [0.25, 0.3) is 0 Å². The van der Waals surface area contributed by atoms with Crippen molar-refractivity contribution in [2.24, 2.45) is 0 Å². The van der Waals surface area contributed by atoms with Gasteiger partial charge in [0.15, 0.2) is 5.82 Å². The van der Waals surface area contributed by atoms with E-state index in [9.17, 15) is 5.11 Å². The minimum atomic E-state index is -0.650. The van der Waals surface area contributed by atoms with Crippen molar-refractivity contribution >= 4 is 22.4 Å². The summed E-state index contributed by atoms with van der Waals surface area (Å²) >= 11 is 0. The van der Waals surface area contributed by atoms with Gasteiger partial charge in [-0.3, -0.25) is 4.98 Å². The Kier molecular flexibility index (Phi) is 4.36. The summed E-state index contributed by atoms with van der Waals surface area (Å²) in [6.45, 7) is 6.90. The first-order valence-electron chi connectivity index (χ1n) is 9.23. The van der Waals surface area contributed by atoms with Gasteiger partial charge in [-0.05, 0) is 44.5 Å². The van der Waals surface area contributed by atoms with Crippen LogP contribution in [0.25, 0.3) is 10.9 Å². The molecule has 1 aliphatic heterocycles. The molecule has 7 heteroatoms. The van der Waals surface area contributed by atoms with E-state index in [1.54, 1.807) is 6.07 Å². The topological polar surface area (TPSA) is 98.0 Å². The normalized spacial score (nSPS) is 16.3. The monoisotopic (exact) mass is 374 g/mol. The Morgan fingerprint density at radius 3 is 2.79 bits per heavy atom. The summed E-state index contributed by atoms with van der Waals surface area (Å²) in [4.78, 5) is 6.68. The molecule has 28 heavy (non-hydrogen) atoms. The molecule has 1 aliphatic rings. The molecule has 0 aliphatic carbocycles. The zero-order valence-corrected chi connectivity index (χ0v) is 16.1. The molecule has 0 radical (unpaired) electrons. The van der Waals surface area contributed by atoms with E-state index in [2.05, 4.69) is 31.5 Å². The zero-order chi connectivity index (χ0) is 19.9. The van der Waals surface area contributed by atoms with Gasteiger partial charge in [0, 0.05) is 18.5 Å². The predicted octanol–water partition coefficient (Wildman–Crippen LogP) is 2.95. The number of nitrogens with zero attached hydrogens (tertiary/aromatic N) is 5. The number of nitrogens with one attached hydrogen (secondary N) is 1. The van der Waals surface area contributed by atoms with Gasteiger partial charge >= 0.3 is 0 Å². The number of anilines is 2. The second-order valence-electron chi connectivity index (χ2n) is 7.68. The van der Waals surface area contributed by atoms with E-state index < -0.39 is 5.60 Å². The van der Waals surface area contributed by atoms with Crippen LogP contribution in [0.4, 0.5) is 11.5 Å². The molecule has 4 rings (SSSR count). The van der Waals surface area contributed by atoms with Crippen molar-refractivity contribution in [3.8, 4) is 6.07 Å². The summed E-state index contributed by atoms with van der Waals surface area (Å²) in [5.74, 6) is 0.650. The largest absolute Gasteiger partial charge is 0.386 e. The highest BCUT2D eigenvalue weighted by Gasteiger charge is 2.36. The van der Waals surface area contributed by atoms with Crippen LogP contribution in [0.15, 0.2) is 36.5 Å². The fraction of sp³-hybridized carbons (Fsp3) is 0.333. The van der Waals surface area contributed by atoms with Crippen LogP contribution in [-0.2, 0) is 0 Å². The molecule has 7 nitrogen and oxygen atoms in total. The number of benzene rings is 1. The lowest BCUT2D eigenvalue weighted by Gasteiger charge is -2.45. The Bertz CT molecular complexity index is 1080. The van der Waals surface area contributed by atoms with Crippen molar-refractivity contribution in [1.29, 1.82) is 5.26 Å². The molecule has 0 amide bonds. The molecule has 3 aromatic rings. The average Bonchev–Trinajstić information content (AvgIpc) is 2.68. The highest BCUT2D eigenvalue weighted by atomic mass is 16.3. The van der Waals surface area contributed by atoms with E-state index in [1.807, 2.05) is 51.2 Å². The van der Waals surface area contributed by atoms with Crippen LogP contribution in [-0.4, -0.2) is 39.0 Å². The number of pyridine rings is 1. The molecule has 0 saturated carbocycles. The first kappa shape index (κ1) is 18.1. The van der Waals surface area contributed by atoms with E-state index in [0.29, 0.717) is 24.5 Å². The van der Waals surface area contributed by atoms with Crippen LogP contribution in [0, 0.1) is 18.3 Å². The molecule has 3 heterocycles. The maximum absolute atomic E-state index is 10.0. The van der Waals surface area contributed by atoms with Crippen molar-refractivity contribution in [3.63, 3.8) is 0 Å². The van der Waals surface area contributed by atoms with Gasteiger partial charge in [-0.2, -0.15) is 10.4 Å². The van der Waals surface area contributed by atoms with Gasteiger partial charge in [-0.25, -0.2) is 0 Å². The molecular weight excluding hydrogens is 352 g/mol. The third-order valence-corrected chi connectivity index (χ3v) is 5.07. The van der Waals surface area contributed by atoms with Gasteiger partial charge in [-0.15, -0.1) is 5.10 Å². The minimum absolute atomic E-state index is 0.0538. The van der Waals surface area contributed by atoms with Crippen LogP contribution >= 0.6 is 0 Å². The lowest BCUT2D eigenvalue weighted by Crippen LogP contribution is -2.60. The second-order valence-corrected chi connectivity index (χ2v) is 7.68. The maximum Gasteiger partial charge on any atom is 0.158 e. The number of nitriles is 1.